The van der Waals surface area contributed by atoms with Crippen molar-refractivity contribution >= 4 is 15.7 Å². The predicted molar refractivity (Wildman–Crippen MR) is 111 cm³/mol. The molecule has 0 aliphatic heterocycles. The van der Waals surface area contributed by atoms with Crippen LogP contribution in [0.1, 0.15) is 17.4 Å². The van der Waals surface area contributed by atoms with E-state index in [2.05, 4.69) is 9.97 Å². The number of primary amides is 1. The smallest absolute Gasteiger partial charge is 0.265 e. The van der Waals surface area contributed by atoms with Crippen LogP contribution < -0.4 is 15.2 Å². The van der Waals surface area contributed by atoms with Gasteiger partial charge in [-0.1, -0.05) is 0 Å². The topological polar surface area (TPSA) is 136 Å². The van der Waals surface area contributed by atoms with E-state index >= 15 is 0 Å². The zero-order valence-corrected chi connectivity index (χ0v) is 18.0. The number of hydrogen-bond acceptors (Lipinski definition) is 8. The van der Waals surface area contributed by atoms with E-state index in [1.54, 1.807) is 48.2 Å². The van der Waals surface area contributed by atoms with Gasteiger partial charge in [-0.3, -0.25) is 4.79 Å². The van der Waals surface area contributed by atoms with Crippen LogP contribution in [0.5, 0.6) is 17.4 Å². The molecular formula is C20H22N4O6S. The van der Waals surface area contributed by atoms with Crippen LogP contribution in [0.4, 0.5) is 0 Å². The fourth-order valence-corrected chi connectivity index (χ4v) is 3.29. The van der Waals surface area contributed by atoms with Crippen LogP contribution in [-0.4, -0.2) is 54.9 Å². The Morgan fingerprint density at radius 3 is 2.55 bits per heavy atom. The minimum atomic E-state index is -3.48. The number of nitrogens with zero attached hydrogens (tertiary/aromatic N) is 3. The van der Waals surface area contributed by atoms with Gasteiger partial charge in [0.25, 0.3) is 5.91 Å². The van der Waals surface area contributed by atoms with Gasteiger partial charge in [0.15, 0.2) is 14.9 Å². The van der Waals surface area contributed by atoms with Gasteiger partial charge < -0.3 is 24.5 Å². The van der Waals surface area contributed by atoms with E-state index in [1.807, 2.05) is 6.92 Å². The second-order valence-electron chi connectivity index (χ2n) is 6.74. The summed E-state index contributed by atoms with van der Waals surface area (Å²) in [6.45, 7) is 2.21. The molecule has 10 nitrogen and oxygen atoms in total. The number of nitrogens with two attached hydrogens (primary N) is 1. The summed E-state index contributed by atoms with van der Waals surface area (Å²) in [5.74, 6) is 0.293. The summed E-state index contributed by atoms with van der Waals surface area (Å²) in [6, 6.07) is 8.31. The molecule has 0 saturated carbocycles. The fourth-order valence-electron chi connectivity index (χ4n) is 2.80. The molecule has 11 heteroatoms. The Bertz CT molecular complexity index is 1170. The van der Waals surface area contributed by atoms with Crippen molar-refractivity contribution in [2.75, 3.05) is 20.0 Å². The second kappa shape index (κ2) is 9.14. The van der Waals surface area contributed by atoms with Crippen molar-refractivity contribution in [3.8, 4) is 23.1 Å². The van der Waals surface area contributed by atoms with Gasteiger partial charge in [0.2, 0.25) is 5.88 Å². The summed E-state index contributed by atoms with van der Waals surface area (Å²) in [5, 5.41) is -0.163. The molecule has 1 amide bonds. The number of rotatable bonds is 9. The van der Waals surface area contributed by atoms with Crippen LogP contribution in [0.15, 0.2) is 53.9 Å². The molecule has 31 heavy (non-hydrogen) atoms. The van der Waals surface area contributed by atoms with E-state index in [0.29, 0.717) is 23.8 Å². The zero-order valence-electron chi connectivity index (χ0n) is 17.2. The number of sulfone groups is 1. The first-order valence-electron chi connectivity index (χ1n) is 9.15. The van der Waals surface area contributed by atoms with E-state index in [-0.39, 0.29) is 22.7 Å². The first kappa shape index (κ1) is 22.2. The van der Waals surface area contributed by atoms with E-state index in [4.69, 9.17) is 19.9 Å². The minimum Gasteiger partial charge on any atom is -0.488 e. The molecule has 0 bridgehead atoms. The van der Waals surface area contributed by atoms with E-state index < -0.39 is 15.7 Å². The molecular weight excluding hydrogens is 424 g/mol. The van der Waals surface area contributed by atoms with Gasteiger partial charge in [-0.15, -0.1) is 0 Å². The van der Waals surface area contributed by atoms with Crippen molar-refractivity contribution in [1.29, 1.82) is 0 Å². The number of carbonyl (C=O) groups excluding carboxylic acids is 1. The maximum absolute atomic E-state index is 11.7. The molecule has 164 valence electrons. The number of aromatic nitrogens is 3. The minimum absolute atomic E-state index is 0.0862. The molecule has 3 rings (SSSR count). The Morgan fingerprint density at radius 2 is 1.94 bits per heavy atom. The summed E-state index contributed by atoms with van der Waals surface area (Å²) < 4.78 is 41.5. The van der Waals surface area contributed by atoms with Gasteiger partial charge in [-0.05, 0) is 19.1 Å². The lowest BCUT2D eigenvalue weighted by molar-refractivity contribution is 0.0919. The number of carbonyl (C=O) groups is 1. The van der Waals surface area contributed by atoms with Crippen LogP contribution in [-0.2, 0) is 14.6 Å². The Kier molecular flexibility index (Phi) is 6.56. The lowest BCUT2D eigenvalue weighted by Gasteiger charge is -2.17. The van der Waals surface area contributed by atoms with Gasteiger partial charge in [0, 0.05) is 37.8 Å². The van der Waals surface area contributed by atoms with Crippen LogP contribution in [0, 0.1) is 0 Å². The Balaban J connectivity index is 1.98. The highest BCUT2D eigenvalue weighted by atomic mass is 32.2. The third kappa shape index (κ3) is 5.58. The predicted octanol–water partition coefficient (Wildman–Crippen LogP) is 1.98. The fraction of sp³-hybridized carbons (Fsp3) is 0.250. The summed E-state index contributed by atoms with van der Waals surface area (Å²) in [7, 11) is -1.90. The summed E-state index contributed by atoms with van der Waals surface area (Å²) in [6.07, 6.45) is 4.80. The van der Waals surface area contributed by atoms with Crippen molar-refractivity contribution in [3.63, 3.8) is 0 Å². The number of ether oxygens (including phenoxy) is 3. The van der Waals surface area contributed by atoms with Gasteiger partial charge in [0.1, 0.15) is 23.3 Å². The van der Waals surface area contributed by atoms with Crippen LogP contribution >= 0.6 is 0 Å². The van der Waals surface area contributed by atoms with Crippen molar-refractivity contribution < 1.29 is 27.4 Å². The average Bonchev–Trinajstić information content (AvgIpc) is 3.18. The van der Waals surface area contributed by atoms with E-state index in [0.717, 1.165) is 12.5 Å². The quantitative estimate of drug-likeness (QED) is 0.527. The molecule has 2 aromatic heterocycles. The summed E-state index contributed by atoms with van der Waals surface area (Å²) >= 11 is 0. The first-order chi connectivity index (χ1) is 14.7. The van der Waals surface area contributed by atoms with Gasteiger partial charge >= 0.3 is 0 Å². The van der Waals surface area contributed by atoms with Gasteiger partial charge in [-0.2, -0.15) is 0 Å². The normalized spacial score (nSPS) is 12.4. The molecule has 1 atom stereocenters. The Labute approximate surface area is 179 Å². The van der Waals surface area contributed by atoms with Crippen molar-refractivity contribution in [1.82, 2.24) is 14.5 Å². The third-order valence-electron chi connectivity index (χ3n) is 4.09. The molecule has 2 N–H and O–H groups in total. The number of amides is 1. The molecule has 0 unspecified atom stereocenters. The molecule has 0 aliphatic rings. The Morgan fingerprint density at radius 1 is 1.19 bits per heavy atom. The largest absolute Gasteiger partial charge is 0.488 e. The second-order valence-corrected chi connectivity index (χ2v) is 8.70. The average molecular weight is 446 g/mol. The molecule has 3 aromatic rings. The maximum atomic E-state index is 11.7. The molecule has 0 aliphatic carbocycles. The SMILES string of the molecule is COC[C@H](C)Oc1cc(Oc2cnc(S(C)(=O)=O)cn2)cc(-n2cccc2C(N)=O)c1. The Hall–Kier alpha value is -3.44. The number of hydrogen-bond donors (Lipinski definition) is 1. The first-order valence-corrected chi connectivity index (χ1v) is 11.0. The van der Waals surface area contributed by atoms with Crippen LogP contribution in [0.2, 0.25) is 0 Å². The summed E-state index contributed by atoms with van der Waals surface area (Å²) in [4.78, 5) is 19.6. The lowest BCUT2D eigenvalue weighted by Crippen LogP contribution is -2.18. The van der Waals surface area contributed by atoms with Crippen molar-refractivity contribution in [2.24, 2.45) is 5.73 Å². The van der Waals surface area contributed by atoms with Crippen LogP contribution in [0.3, 0.4) is 0 Å². The molecule has 0 saturated heterocycles. The van der Waals surface area contributed by atoms with E-state index in [1.165, 1.54) is 6.20 Å². The maximum Gasteiger partial charge on any atom is 0.265 e. The molecule has 0 fully saturated rings. The molecule has 2 heterocycles. The van der Waals surface area contributed by atoms with Crippen molar-refractivity contribution in [2.45, 2.75) is 18.1 Å². The standard InChI is InChI=1S/C20H22N4O6S/c1-13(12-28-2)29-15-7-14(24-6-4-5-17(24)20(21)25)8-16(9-15)30-18-10-23-19(11-22-18)31(3,26)27/h4-11,13H,12H2,1-3H3,(H2,21,25)/t13-/m0/s1. The molecule has 0 radical (unpaired) electrons. The molecule has 1 aromatic carbocycles. The highest BCUT2D eigenvalue weighted by Crippen LogP contribution is 2.30. The molecule has 0 spiro atoms. The van der Waals surface area contributed by atoms with Crippen molar-refractivity contribution in [3.05, 3.63) is 54.6 Å². The summed E-state index contributed by atoms with van der Waals surface area (Å²) in [5.41, 5.74) is 6.31. The number of methoxy groups -OCH3 is 1. The highest BCUT2D eigenvalue weighted by molar-refractivity contribution is 7.90. The van der Waals surface area contributed by atoms with Gasteiger partial charge in [-0.25, -0.2) is 18.4 Å². The zero-order chi connectivity index (χ0) is 22.6. The van der Waals surface area contributed by atoms with E-state index in [9.17, 15) is 13.2 Å². The van der Waals surface area contributed by atoms with Gasteiger partial charge in [0.05, 0.1) is 24.7 Å². The van der Waals surface area contributed by atoms with Crippen LogP contribution in [0.25, 0.3) is 5.69 Å². The third-order valence-corrected chi connectivity index (χ3v) is 5.06. The lowest BCUT2D eigenvalue weighted by atomic mass is 10.2. The monoisotopic (exact) mass is 446 g/mol. The number of benzene rings is 1. The highest BCUT2D eigenvalue weighted by Gasteiger charge is 2.14.